The van der Waals surface area contributed by atoms with Gasteiger partial charge in [-0.25, -0.2) is 0 Å². The van der Waals surface area contributed by atoms with E-state index in [2.05, 4.69) is 30.1 Å². The molecule has 0 aliphatic heterocycles. The first-order valence-electron chi connectivity index (χ1n) is 5.59. The first kappa shape index (κ1) is 13.3. The average Bonchev–Trinajstić information content (AvgIpc) is 2.35. The minimum Gasteiger partial charge on any atom is -0.370 e. The fourth-order valence-electron chi connectivity index (χ4n) is 1.81. The van der Waals surface area contributed by atoms with Gasteiger partial charge in [-0.05, 0) is 18.7 Å². The predicted molar refractivity (Wildman–Crippen MR) is 73.0 cm³/mol. The molecule has 0 aromatic carbocycles. The SMILES string of the molecule is CCC(CSC)N(C)c1ccncc1CN. The molecule has 0 bridgehead atoms. The average molecular weight is 239 g/mol. The highest BCUT2D eigenvalue weighted by Crippen LogP contribution is 2.22. The maximum Gasteiger partial charge on any atom is 0.0442 e. The van der Waals surface area contributed by atoms with Crippen LogP contribution in [0.15, 0.2) is 18.5 Å². The summed E-state index contributed by atoms with van der Waals surface area (Å²) in [5.41, 5.74) is 8.05. The van der Waals surface area contributed by atoms with Gasteiger partial charge in [-0.3, -0.25) is 4.98 Å². The molecule has 1 aromatic heterocycles. The minimum atomic E-state index is 0.545. The third-order valence-corrected chi connectivity index (χ3v) is 3.57. The number of nitrogens with zero attached hydrogens (tertiary/aromatic N) is 2. The predicted octanol–water partition coefficient (Wildman–Crippen LogP) is 2.12. The summed E-state index contributed by atoms with van der Waals surface area (Å²) >= 11 is 1.88. The molecule has 1 heterocycles. The normalized spacial score (nSPS) is 12.5. The highest BCUT2D eigenvalue weighted by molar-refractivity contribution is 7.98. The van der Waals surface area contributed by atoms with Crippen molar-refractivity contribution in [1.29, 1.82) is 0 Å². The van der Waals surface area contributed by atoms with Gasteiger partial charge in [-0.1, -0.05) is 6.92 Å². The van der Waals surface area contributed by atoms with Crippen LogP contribution < -0.4 is 10.6 Å². The zero-order chi connectivity index (χ0) is 12.0. The van der Waals surface area contributed by atoms with Crippen molar-refractivity contribution in [3.05, 3.63) is 24.0 Å². The van der Waals surface area contributed by atoms with E-state index in [0.29, 0.717) is 12.6 Å². The number of hydrogen-bond donors (Lipinski definition) is 1. The highest BCUT2D eigenvalue weighted by atomic mass is 32.2. The molecule has 1 atom stereocenters. The van der Waals surface area contributed by atoms with Gasteiger partial charge in [0.05, 0.1) is 0 Å². The zero-order valence-electron chi connectivity index (χ0n) is 10.3. The van der Waals surface area contributed by atoms with Crippen LogP contribution in [0.3, 0.4) is 0 Å². The van der Waals surface area contributed by atoms with Crippen LogP contribution in [0, 0.1) is 0 Å². The summed E-state index contributed by atoms with van der Waals surface area (Å²) < 4.78 is 0. The molecule has 0 radical (unpaired) electrons. The summed E-state index contributed by atoms with van der Waals surface area (Å²) in [4.78, 5) is 6.44. The molecule has 1 rings (SSSR count). The summed E-state index contributed by atoms with van der Waals surface area (Å²) in [5, 5.41) is 0. The van der Waals surface area contributed by atoms with Crippen molar-refractivity contribution in [2.24, 2.45) is 5.73 Å². The Hall–Kier alpha value is -0.740. The lowest BCUT2D eigenvalue weighted by Crippen LogP contribution is -2.34. The Balaban J connectivity index is 2.88. The van der Waals surface area contributed by atoms with Gasteiger partial charge in [0.25, 0.3) is 0 Å². The van der Waals surface area contributed by atoms with Gasteiger partial charge in [0.1, 0.15) is 0 Å². The third-order valence-electron chi connectivity index (χ3n) is 2.86. The Bertz CT molecular complexity index is 317. The first-order chi connectivity index (χ1) is 7.74. The summed E-state index contributed by atoms with van der Waals surface area (Å²) in [6.07, 6.45) is 6.98. The van der Waals surface area contributed by atoms with Crippen LogP contribution in [0.25, 0.3) is 0 Å². The first-order valence-corrected chi connectivity index (χ1v) is 6.98. The second-order valence-electron chi connectivity index (χ2n) is 3.84. The van der Waals surface area contributed by atoms with Gasteiger partial charge < -0.3 is 10.6 Å². The number of hydrogen-bond acceptors (Lipinski definition) is 4. The lowest BCUT2D eigenvalue weighted by atomic mass is 10.1. The molecule has 0 aliphatic carbocycles. The summed E-state index contributed by atoms with van der Waals surface area (Å²) in [5.74, 6) is 1.14. The molecule has 0 spiro atoms. The molecule has 3 nitrogen and oxygen atoms in total. The maximum atomic E-state index is 5.73. The molecule has 0 saturated heterocycles. The van der Waals surface area contributed by atoms with E-state index >= 15 is 0 Å². The quantitative estimate of drug-likeness (QED) is 0.825. The van der Waals surface area contributed by atoms with Crippen molar-refractivity contribution in [3.63, 3.8) is 0 Å². The summed E-state index contributed by atoms with van der Waals surface area (Å²) in [6.45, 7) is 2.77. The largest absolute Gasteiger partial charge is 0.370 e. The number of anilines is 1. The molecule has 0 amide bonds. The highest BCUT2D eigenvalue weighted by Gasteiger charge is 2.14. The molecule has 0 aliphatic rings. The van der Waals surface area contributed by atoms with Crippen molar-refractivity contribution < 1.29 is 0 Å². The monoisotopic (exact) mass is 239 g/mol. The van der Waals surface area contributed by atoms with Gasteiger partial charge in [-0.2, -0.15) is 11.8 Å². The number of thioether (sulfide) groups is 1. The Labute approximate surface area is 102 Å². The van der Waals surface area contributed by atoms with Gasteiger partial charge in [0.2, 0.25) is 0 Å². The van der Waals surface area contributed by atoms with E-state index in [1.807, 2.05) is 30.2 Å². The van der Waals surface area contributed by atoms with Gasteiger partial charge >= 0.3 is 0 Å². The lowest BCUT2D eigenvalue weighted by Gasteiger charge is -2.30. The van der Waals surface area contributed by atoms with Crippen LogP contribution in [-0.2, 0) is 6.54 Å². The van der Waals surface area contributed by atoms with Gasteiger partial charge in [-0.15, -0.1) is 0 Å². The van der Waals surface area contributed by atoms with E-state index < -0.39 is 0 Å². The van der Waals surface area contributed by atoms with Crippen molar-refractivity contribution in [2.75, 3.05) is 24.0 Å². The van der Waals surface area contributed by atoms with Crippen molar-refractivity contribution in [2.45, 2.75) is 25.9 Å². The van der Waals surface area contributed by atoms with Crippen LogP contribution in [0.2, 0.25) is 0 Å². The van der Waals surface area contributed by atoms with Crippen molar-refractivity contribution >= 4 is 17.4 Å². The van der Waals surface area contributed by atoms with Crippen LogP contribution in [0.1, 0.15) is 18.9 Å². The van der Waals surface area contributed by atoms with Crippen molar-refractivity contribution in [3.8, 4) is 0 Å². The molecular formula is C12H21N3S. The van der Waals surface area contributed by atoms with E-state index in [1.165, 1.54) is 5.69 Å². The molecular weight excluding hydrogens is 218 g/mol. The summed E-state index contributed by atoms with van der Waals surface area (Å²) in [6, 6.07) is 2.60. The van der Waals surface area contributed by atoms with E-state index in [0.717, 1.165) is 17.7 Å². The molecule has 90 valence electrons. The number of aromatic nitrogens is 1. The smallest absolute Gasteiger partial charge is 0.0442 e. The lowest BCUT2D eigenvalue weighted by molar-refractivity contribution is 0.670. The molecule has 1 aromatic rings. The van der Waals surface area contributed by atoms with Crippen LogP contribution in [0.4, 0.5) is 5.69 Å². The Morgan fingerprint density at radius 2 is 2.31 bits per heavy atom. The summed E-state index contributed by atoms with van der Waals surface area (Å²) in [7, 11) is 2.14. The maximum absolute atomic E-state index is 5.73. The van der Waals surface area contributed by atoms with Gasteiger partial charge in [0.15, 0.2) is 0 Å². The minimum absolute atomic E-state index is 0.545. The fourth-order valence-corrected chi connectivity index (χ4v) is 2.66. The van der Waals surface area contributed by atoms with E-state index in [1.54, 1.807) is 0 Å². The fraction of sp³-hybridized carbons (Fsp3) is 0.583. The molecule has 16 heavy (non-hydrogen) atoms. The van der Waals surface area contributed by atoms with E-state index in [4.69, 9.17) is 5.73 Å². The Morgan fingerprint density at radius 3 is 2.88 bits per heavy atom. The van der Waals surface area contributed by atoms with Crippen LogP contribution in [0.5, 0.6) is 0 Å². The van der Waals surface area contributed by atoms with E-state index in [9.17, 15) is 0 Å². The zero-order valence-corrected chi connectivity index (χ0v) is 11.1. The van der Waals surface area contributed by atoms with Crippen LogP contribution in [-0.4, -0.2) is 30.1 Å². The van der Waals surface area contributed by atoms with Gasteiger partial charge in [0, 0.05) is 49.0 Å². The van der Waals surface area contributed by atoms with Crippen molar-refractivity contribution in [1.82, 2.24) is 4.98 Å². The molecule has 0 saturated carbocycles. The number of rotatable bonds is 6. The second-order valence-corrected chi connectivity index (χ2v) is 4.75. The number of pyridine rings is 1. The molecule has 0 fully saturated rings. The number of nitrogens with two attached hydrogens (primary N) is 1. The third kappa shape index (κ3) is 3.12. The van der Waals surface area contributed by atoms with E-state index in [-0.39, 0.29) is 0 Å². The Kier molecular flexibility index (Phi) is 5.63. The molecule has 1 unspecified atom stereocenters. The van der Waals surface area contributed by atoms with Crippen LogP contribution >= 0.6 is 11.8 Å². The Morgan fingerprint density at radius 1 is 1.56 bits per heavy atom. The molecule has 2 N–H and O–H groups in total. The standard InChI is InChI=1S/C12H21N3S/c1-4-11(9-16-3)15(2)12-5-6-14-8-10(12)7-13/h5-6,8,11H,4,7,9,13H2,1-3H3. The second kappa shape index (κ2) is 6.76. The topological polar surface area (TPSA) is 42.2 Å². The molecule has 4 heteroatoms.